The molecule has 1 unspecified atom stereocenters. The molecule has 0 fully saturated rings. The molecule has 0 saturated heterocycles. The van der Waals surface area contributed by atoms with Crippen LogP contribution in [-0.2, 0) is 16.0 Å². The van der Waals surface area contributed by atoms with Crippen molar-refractivity contribution in [2.24, 2.45) is 15.8 Å². The van der Waals surface area contributed by atoms with Crippen LogP contribution in [0.15, 0.2) is 69.4 Å². The highest BCUT2D eigenvalue weighted by atomic mass is 32.2. The van der Waals surface area contributed by atoms with E-state index in [1.165, 1.54) is 0 Å². The highest BCUT2D eigenvalue weighted by Gasteiger charge is 2.19. The Morgan fingerprint density at radius 2 is 1.85 bits per heavy atom. The molecule has 1 atom stereocenters. The molecule has 0 spiro atoms. The van der Waals surface area contributed by atoms with Gasteiger partial charge in [0, 0.05) is 43.3 Å². The summed E-state index contributed by atoms with van der Waals surface area (Å²) in [7, 11) is 1.81. The van der Waals surface area contributed by atoms with Gasteiger partial charge in [0.15, 0.2) is 6.29 Å². The molecule has 1 aromatic rings. The first-order valence-electron chi connectivity index (χ1n) is 13.6. The van der Waals surface area contributed by atoms with Gasteiger partial charge in [0.05, 0.1) is 24.7 Å². The molecular formula is C31H43N5O3S. The van der Waals surface area contributed by atoms with Crippen molar-refractivity contribution in [3.63, 3.8) is 0 Å². The fourth-order valence-corrected chi connectivity index (χ4v) is 4.62. The number of allylic oxidation sites excluding steroid dienone is 6. The third kappa shape index (κ3) is 10.6. The van der Waals surface area contributed by atoms with Crippen LogP contribution in [0, 0.1) is 0 Å². The molecule has 0 bridgehead atoms. The molecule has 0 aromatic heterocycles. The summed E-state index contributed by atoms with van der Waals surface area (Å²) in [6.07, 6.45) is 13.8. The maximum absolute atomic E-state index is 13.2. The summed E-state index contributed by atoms with van der Waals surface area (Å²) in [6.45, 7) is 10.1. The monoisotopic (exact) mass is 565 g/mol. The number of benzene rings is 1. The summed E-state index contributed by atoms with van der Waals surface area (Å²) < 4.78 is 11.4. The second-order valence-corrected chi connectivity index (χ2v) is 11.6. The molecule has 216 valence electrons. The lowest BCUT2D eigenvalue weighted by molar-refractivity contribution is -0.127. The van der Waals surface area contributed by atoms with Gasteiger partial charge in [0.2, 0.25) is 5.91 Å². The number of amidine groups is 1. The van der Waals surface area contributed by atoms with Gasteiger partial charge in [-0.2, -0.15) is 5.10 Å². The molecule has 1 aromatic carbocycles. The fourth-order valence-electron chi connectivity index (χ4n) is 4.10. The molecule has 40 heavy (non-hydrogen) atoms. The maximum Gasteiger partial charge on any atom is 0.250 e. The molecule has 1 aliphatic rings. The number of aldehydes is 1. The summed E-state index contributed by atoms with van der Waals surface area (Å²) in [5.41, 5.74) is 11.5. The maximum atomic E-state index is 13.2. The van der Waals surface area contributed by atoms with Crippen molar-refractivity contribution >= 4 is 41.0 Å². The summed E-state index contributed by atoms with van der Waals surface area (Å²) in [6, 6.07) is 5.56. The van der Waals surface area contributed by atoms with Crippen molar-refractivity contribution < 1.29 is 14.1 Å². The SMILES string of the molecule is CCCN(CCC)C(=O)C1=CC=C(/C=C(\C=C(C)C)c2ccc(C=O)c(/C=N\N(C)CC[S+](C)[O-])c2)N=C(N)C1. The second kappa shape index (κ2) is 16.6. The Labute approximate surface area is 242 Å². The molecule has 1 heterocycles. The third-order valence-electron chi connectivity index (χ3n) is 6.04. The molecule has 0 radical (unpaired) electrons. The molecule has 1 aliphatic heterocycles. The van der Waals surface area contributed by atoms with Gasteiger partial charge in [-0.3, -0.25) is 14.6 Å². The Morgan fingerprint density at radius 1 is 1.15 bits per heavy atom. The summed E-state index contributed by atoms with van der Waals surface area (Å²) >= 11 is -0.909. The van der Waals surface area contributed by atoms with Crippen LogP contribution in [0.5, 0.6) is 0 Å². The molecule has 9 heteroatoms. The van der Waals surface area contributed by atoms with Crippen LogP contribution < -0.4 is 5.73 Å². The topological polar surface area (TPSA) is 114 Å². The average molecular weight is 566 g/mol. The van der Waals surface area contributed by atoms with E-state index < -0.39 is 11.2 Å². The molecule has 0 saturated carbocycles. The van der Waals surface area contributed by atoms with E-state index in [0.717, 1.165) is 35.8 Å². The Bertz CT molecular complexity index is 1220. The van der Waals surface area contributed by atoms with E-state index in [9.17, 15) is 14.1 Å². The van der Waals surface area contributed by atoms with Crippen LogP contribution >= 0.6 is 0 Å². The first-order valence-corrected chi connectivity index (χ1v) is 15.3. The lowest BCUT2D eigenvalue weighted by Crippen LogP contribution is -2.34. The number of amides is 1. The molecule has 0 aliphatic carbocycles. The van der Waals surface area contributed by atoms with Gasteiger partial charge in [-0.05, 0) is 56.0 Å². The second-order valence-electron chi connectivity index (χ2n) is 10.0. The van der Waals surface area contributed by atoms with Crippen molar-refractivity contribution in [2.75, 3.05) is 38.7 Å². The quantitative estimate of drug-likeness (QED) is 0.115. The minimum atomic E-state index is -0.909. The van der Waals surface area contributed by atoms with E-state index in [4.69, 9.17) is 5.73 Å². The first kappa shape index (κ1) is 32.8. The average Bonchev–Trinajstić information content (AvgIpc) is 3.10. The number of carbonyl (C=O) groups excluding carboxylic acids is 2. The molecule has 1 amide bonds. The molecule has 8 nitrogen and oxygen atoms in total. The van der Waals surface area contributed by atoms with Gasteiger partial charge in [-0.1, -0.05) is 54.9 Å². The van der Waals surface area contributed by atoms with Crippen LogP contribution in [0.2, 0.25) is 0 Å². The van der Waals surface area contributed by atoms with Crippen molar-refractivity contribution in [1.82, 2.24) is 9.91 Å². The van der Waals surface area contributed by atoms with Gasteiger partial charge in [0.1, 0.15) is 11.6 Å². The van der Waals surface area contributed by atoms with E-state index in [1.54, 1.807) is 30.6 Å². The predicted molar refractivity (Wildman–Crippen MR) is 168 cm³/mol. The third-order valence-corrected chi connectivity index (χ3v) is 6.80. The lowest BCUT2D eigenvalue weighted by Gasteiger charge is -2.22. The number of hydrazone groups is 1. The van der Waals surface area contributed by atoms with E-state index >= 15 is 0 Å². The Balaban J connectivity index is 2.48. The predicted octanol–water partition coefficient (Wildman–Crippen LogP) is 4.71. The number of aliphatic imine (C=N–C) groups is 1. The van der Waals surface area contributed by atoms with Crippen molar-refractivity contribution in [3.8, 4) is 0 Å². The molecule has 2 rings (SSSR count). The summed E-state index contributed by atoms with van der Waals surface area (Å²) in [5.74, 6) is 0.887. The van der Waals surface area contributed by atoms with Crippen LogP contribution in [0.25, 0.3) is 5.57 Å². The van der Waals surface area contributed by atoms with Crippen molar-refractivity contribution in [3.05, 3.63) is 76.0 Å². The van der Waals surface area contributed by atoms with Crippen LogP contribution in [0.4, 0.5) is 0 Å². The van der Waals surface area contributed by atoms with Crippen molar-refractivity contribution in [2.45, 2.75) is 47.0 Å². The minimum Gasteiger partial charge on any atom is -0.617 e. The Morgan fingerprint density at radius 3 is 2.45 bits per heavy atom. The number of rotatable bonds is 14. The fraction of sp³-hybridized carbons (Fsp3) is 0.419. The van der Waals surface area contributed by atoms with Gasteiger partial charge in [-0.15, -0.1) is 0 Å². The number of carbonyl (C=O) groups is 2. The van der Waals surface area contributed by atoms with Crippen LogP contribution in [0.1, 0.15) is 68.4 Å². The van der Waals surface area contributed by atoms with Crippen molar-refractivity contribution in [1.29, 1.82) is 0 Å². The zero-order chi connectivity index (χ0) is 29.7. The van der Waals surface area contributed by atoms with E-state index in [0.29, 0.717) is 60.0 Å². The van der Waals surface area contributed by atoms with Gasteiger partial charge in [0.25, 0.3) is 0 Å². The lowest BCUT2D eigenvalue weighted by atomic mass is 9.97. The van der Waals surface area contributed by atoms with Gasteiger partial charge in [-0.25, -0.2) is 4.99 Å². The van der Waals surface area contributed by atoms with Gasteiger partial charge < -0.3 is 15.2 Å². The van der Waals surface area contributed by atoms with E-state index in [-0.39, 0.29) is 5.91 Å². The largest absolute Gasteiger partial charge is 0.617 e. The highest BCUT2D eigenvalue weighted by molar-refractivity contribution is 7.90. The number of nitrogens with zero attached hydrogens (tertiary/aromatic N) is 4. The van der Waals surface area contributed by atoms with E-state index in [1.807, 2.05) is 55.2 Å². The van der Waals surface area contributed by atoms with E-state index in [2.05, 4.69) is 23.9 Å². The highest BCUT2D eigenvalue weighted by Crippen LogP contribution is 2.24. The normalized spacial score (nSPS) is 14.6. The minimum absolute atomic E-state index is 0.00335. The Hall–Kier alpha value is -3.43. The molecular weight excluding hydrogens is 522 g/mol. The number of hydrogen-bond acceptors (Lipinski definition) is 7. The number of hydrogen-bond donors (Lipinski definition) is 1. The first-order chi connectivity index (χ1) is 19.1. The van der Waals surface area contributed by atoms with Gasteiger partial charge >= 0.3 is 0 Å². The summed E-state index contributed by atoms with van der Waals surface area (Å²) in [5, 5.41) is 6.13. The summed E-state index contributed by atoms with van der Waals surface area (Å²) in [4.78, 5) is 31.4. The molecule has 2 N–H and O–H groups in total. The zero-order valence-corrected chi connectivity index (χ0v) is 25.5. The smallest absolute Gasteiger partial charge is 0.250 e. The zero-order valence-electron chi connectivity index (χ0n) is 24.6. The number of nitrogens with two attached hydrogens (primary N) is 1. The standard InChI is InChI=1S/C31H43N5O3S/c1-7-13-36(14-8-2)31(38)25-11-12-29(34-30(32)20-25)19-27(17-23(3)4)24-9-10-26(22-37)28(18-24)21-33-35(5)15-16-40(6)39/h9-12,17-19,21-22H,7-8,13-16,20H2,1-6H3,(H2,32,34)/b27-19+,33-21-. The Kier molecular flexibility index (Phi) is 13.6. The van der Waals surface area contributed by atoms with Crippen LogP contribution in [-0.4, -0.2) is 77.4 Å². The van der Waals surface area contributed by atoms with Crippen LogP contribution in [0.3, 0.4) is 0 Å².